The Bertz CT molecular complexity index is 272. The molecular formula is C10H23NO4P+. The van der Waals surface area contributed by atoms with E-state index in [1.807, 2.05) is 0 Å². The Balaban J connectivity index is 2.44. The first-order chi connectivity index (χ1) is 7.23. The number of hydrogen-bond acceptors (Lipinski definition) is 2. The lowest BCUT2D eigenvalue weighted by atomic mass is 10.1. The molecule has 0 spiro atoms. The van der Waals surface area contributed by atoms with Crippen LogP contribution in [-0.4, -0.2) is 46.6 Å². The monoisotopic (exact) mass is 252 g/mol. The average Bonchev–Trinajstić information content (AvgIpc) is 2.49. The molecule has 1 rings (SSSR count). The Kier molecular flexibility index (Phi) is 4.55. The second kappa shape index (κ2) is 5.15. The molecule has 5 nitrogen and oxygen atoms in total. The van der Waals surface area contributed by atoms with Crippen LogP contribution < -0.4 is 0 Å². The molecule has 1 heterocycles. The average molecular weight is 252 g/mol. The first-order valence-corrected chi connectivity index (χ1v) is 7.34. The van der Waals surface area contributed by atoms with Crippen LogP contribution in [0.2, 0.25) is 0 Å². The fourth-order valence-electron chi connectivity index (χ4n) is 2.51. The highest BCUT2D eigenvalue weighted by Gasteiger charge is 2.34. The van der Waals surface area contributed by atoms with Crippen LogP contribution >= 0.6 is 7.82 Å². The Hall–Kier alpha value is 0.0700. The van der Waals surface area contributed by atoms with Crippen LogP contribution in [0.4, 0.5) is 0 Å². The van der Waals surface area contributed by atoms with Crippen molar-refractivity contribution in [3.05, 3.63) is 0 Å². The maximum absolute atomic E-state index is 10.7. The molecule has 1 saturated heterocycles. The molecule has 16 heavy (non-hydrogen) atoms. The zero-order chi connectivity index (χ0) is 12.4. The van der Waals surface area contributed by atoms with Gasteiger partial charge in [-0.25, -0.2) is 4.57 Å². The topological polar surface area (TPSA) is 66.8 Å². The number of phosphoric acid groups is 1. The van der Waals surface area contributed by atoms with Gasteiger partial charge < -0.3 is 14.3 Å². The molecule has 2 unspecified atom stereocenters. The Morgan fingerprint density at radius 3 is 2.25 bits per heavy atom. The van der Waals surface area contributed by atoms with E-state index in [2.05, 4.69) is 18.5 Å². The molecule has 96 valence electrons. The van der Waals surface area contributed by atoms with Crippen LogP contribution in [0.15, 0.2) is 0 Å². The van der Waals surface area contributed by atoms with Gasteiger partial charge in [0.1, 0.15) is 0 Å². The molecule has 0 amide bonds. The summed E-state index contributed by atoms with van der Waals surface area (Å²) < 4.78 is 16.4. The smallest absolute Gasteiger partial charge is 0.324 e. The Morgan fingerprint density at radius 1 is 1.31 bits per heavy atom. The fraction of sp³-hybridized carbons (Fsp3) is 1.00. The molecule has 1 fully saturated rings. The maximum atomic E-state index is 10.7. The predicted molar refractivity (Wildman–Crippen MR) is 61.8 cm³/mol. The van der Waals surface area contributed by atoms with Gasteiger partial charge in [0.2, 0.25) is 0 Å². The van der Waals surface area contributed by atoms with Crippen LogP contribution in [0.5, 0.6) is 0 Å². The molecule has 0 aliphatic carbocycles. The third kappa shape index (κ3) is 4.15. The van der Waals surface area contributed by atoms with Gasteiger partial charge in [0.05, 0.1) is 32.3 Å². The summed E-state index contributed by atoms with van der Waals surface area (Å²) in [4.78, 5) is 17.4. The molecular weight excluding hydrogens is 229 g/mol. The molecule has 0 aromatic carbocycles. The summed E-state index contributed by atoms with van der Waals surface area (Å²) >= 11 is 0. The summed E-state index contributed by atoms with van der Waals surface area (Å²) in [6, 6.07) is 0.379. The minimum atomic E-state index is -4.34. The third-order valence-electron chi connectivity index (χ3n) is 3.64. The summed E-state index contributed by atoms with van der Waals surface area (Å²) in [5.74, 6) is 0. The summed E-state index contributed by atoms with van der Waals surface area (Å²) in [6.45, 7) is 6.16. The van der Waals surface area contributed by atoms with Gasteiger partial charge >= 0.3 is 7.82 Å². The van der Waals surface area contributed by atoms with Gasteiger partial charge in [0.15, 0.2) is 0 Å². The lowest BCUT2D eigenvalue weighted by molar-refractivity contribution is -0.920. The SMILES string of the molecule is CC(CC(C)[N+]1(C)CCCC1)OP(=O)(O)O. The summed E-state index contributed by atoms with van der Waals surface area (Å²) in [6.07, 6.45) is 2.77. The molecule has 0 radical (unpaired) electrons. The summed E-state index contributed by atoms with van der Waals surface area (Å²) in [7, 11) is -2.13. The molecule has 0 aromatic heterocycles. The Morgan fingerprint density at radius 2 is 1.81 bits per heavy atom. The van der Waals surface area contributed by atoms with Gasteiger partial charge in [-0.05, 0) is 13.8 Å². The quantitative estimate of drug-likeness (QED) is 0.575. The van der Waals surface area contributed by atoms with E-state index in [0.717, 1.165) is 17.6 Å². The fourth-order valence-corrected chi connectivity index (χ4v) is 3.07. The van der Waals surface area contributed by atoms with Crippen molar-refractivity contribution in [3.63, 3.8) is 0 Å². The van der Waals surface area contributed by atoms with Gasteiger partial charge in [0, 0.05) is 19.3 Å². The van der Waals surface area contributed by atoms with Gasteiger partial charge in [-0.2, -0.15) is 0 Å². The molecule has 6 heteroatoms. The zero-order valence-corrected chi connectivity index (χ0v) is 11.2. The molecule has 0 saturated carbocycles. The molecule has 0 aromatic rings. The largest absolute Gasteiger partial charge is 0.469 e. The van der Waals surface area contributed by atoms with E-state index in [4.69, 9.17) is 9.79 Å². The number of rotatable bonds is 5. The van der Waals surface area contributed by atoms with E-state index in [1.165, 1.54) is 12.8 Å². The van der Waals surface area contributed by atoms with E-state index in [0.29, 0.717) is 12.5 Å². The van der Waals surface area contributed by atoms with Gasteiger partial charge in [-0.15, -0.1) is 0 Å². The second-order valence-electron chi connectivity index (χ2n) is 5.13. The van der Waals surface area contributed by atoms with Crippen molar-refractivity contribution < 1.29 is 23.4 Å². The second-order valence-corrected chi connectivity index (χ2v) is 6.32. The van der Waals surface area contributed by atoms with E-state index in [1.54, 1.807) is 6.92 Å². The van der Waals surface area contributed by atoms with Crippen molar-refractivity contribution >= 4 is 7.82 Å². The minimum Gasteiger partial charge on any atom is -0.324 e. The lowest BCUT2D eigenvalue weighted by Gasteiger charge is -2.37. The van der Waals surface area contributed by atoms with Gasteiger partial charge in [0.25, 0.3) is 0 Å². The first kappa shape index (κ1) is 14.1. The van der Waals surface area contributed by atoms with Crippen molar-refractivity contribution in [2.24, 2.45) is 0 Å². The van der Waals surface area contributed by atoms with Crippen LogP contribution in [0.1, 0.15) is 33.1 Å². The summed E-state index contributed by atoms with van der Waals surface area (Å²) in [5.41, 5.74) is 0. The van der Waals surface area contributed by atoms with Crippen molar-refractivity contribution in [3.8, 4) is 0 Å². The van der Waals surface area contributed by atoms with E-state index < -0.39 is 13.9 Å². The van der Waals surface area contributed by atoms with E-state index >= 15 is 0 Å². The standard InChI is InChI=1S/C10H22NO4P/c1-9(11(3)6-4-5-7-11)8-10(2)15-16(12,13)14/h9-10H,4-8H2,1-3H3,(H-,12,13,14)/p+1. The summed E-state index contributed by atoms with van der Waals surface area (Å²) in [5, 5.41) is 0. The van der Waals surface area contributed by atoms with Crippen molar-refractivity contribution in [2.45, 2.75) is 45.3 Å². The van der Waals surface area contributed by atoms with Crippen LogP contribution in [0.25, 0.3) is 0 Å². The molecule has 2 atom stereocenters. The minimum absolute atomic E-state index is 0.379. The maximum Gasteiger partial charge on any atom is 0.469 e. The highest BCUT2D eigenvalue weighted by molar-refractivity contribution is 7.46. The number of likely N-dealkylation sites (tertiary alicyclic amines) is 1. The normalized spacial score (nSPS) is 24.3. The van der Waals surface area contributed by atoms with Crippen molar-refractivity contribution in [1.29, 1.82) is 0 Å². The lowest BCUT2D eigenvalue weighted by Crippen LogP contribution is -2.49. The van der Waals surface area contributed by atoms with Crippen LogP contribution in [0, 0.1) is 0 Å². The van der Waals surface area contributed by atoms with E-state index in [-0.39, 0.29) is 0 Å². The molecule has 1 aliphatic rings. The van der Waals surface area contributed by atoms with E-state index in [9.17, 15) is 4.57 Å². The third-order valence-corrected chi connectivity index (χ3v) is 4.28. The highest BCUT2D eigenvalue weighted by Crippen LogP contribution is 2.39. The van der Waals surface area contributed by atoms with Gasteiger partial charge in [-0.3, -0.25) is 4.52 Å². The Labute approximate surface area is 97.2 Å². The number of hydrogen-bond donors (Lipinski definition) is 2. The molecule has 2 N–H and O–H groups in total. The first-order valence-electron chi connectivity index (χ1n) is 5.81. The molecule has 1 aliphatic heterocycles. The van der Waals surface area contributed by atoms with Crippen LogP contribution in [-0.2, 0) is 9.09 Å². The zero-order valence-electron chi connectivity index (χ0n) is 10.3. The number of quaternary nitrogens is 1. The number of phosphoric ester groups is 1. The van der Waals surface area contributed by atoms with Gasteiger partial charge in [-0.1, -0.05) is 0 Å². The highest BCUT2D eigenvalue weighted by atomic mass is 31.2. The number of nitrogens with zero attached hydrogens (tertiary/aromatic N) is 1. The molecule has 0 bridgehead atoms. The predicted octanol–water partition coefficient (Wildman–Crippen LogP) is 1.50. The van der Waals surface area contributed by atoms with Crippen LogP contribution in [0.3, 0.4) is 0 Å². The van der Waals surface area contributed by atoms with Crippen molar-refractivity contribution in [2.75, 3.05) is 20.1 Å². The van der Waals surface area contributed by atoms with Crippen molar-refractivity contribution in [1.82, 2.24) is 0 Å².